The fourth-order valence-electron chi connectivity index (χ4n) is 4.98. The van der Waals surface area contributed by atoms with Crippen molar-refractivity contribution in [3.63, 3.8) is 0 Å². The molecule has 2 aromatic carbocycles. The highest BCUT2D eigenvalue weighted by Crippen LogP contribution is 2.28. The minimum absolute atomic E-state index is 0.124. The second-order valence-electron chi connectivity index (χ2n) is 8.98. The Morgan fingerprint density at radius 3 is 2.66 bits per heavy atom. The average Bonchev–Trinajstić information content (AvgIpc) is 3.37. The molecule has 3 heterocycles. The molecule has 5 rings (SSSR count). The highest BCUT2D eigenvalue weighted by molar-refractivity contribution is 6.05. The van der Waals surface area contributed by atoms with E-state index >= 15 is 0 Å². The van der Waals surface area contributed by atoms with Gasteiger partial charge in [-0.05, 0) is 35.6 Å². The lowest BCUT2D eigenvalue weighted by molar-refractivity contribution is -0.136. The van der Waals surface area contributed by atoms with Crippen molar-refractivity contribution in [3.8, 4) is 0 Å². The first-order valence-electron chi connectivity index (χ1n) is 11.3. The number of hydrogen-bond acceptors (Lipinski definition) is 5. The van der Waals surface area contributed by atoms with Crippen molar-refractivity contribution in [3.05, 3.63) is 70.8 Å². The Labute approximate surface area is 187 Å². The third-order valence-corrected chi connectivity index (χ3v) is 6.70. The van der Waals surface area contributed by atoms with Crippen LogP contribution in [0.15, 0.2) is 48.5 Å². The van der Waals surface area contributed by atoms with Crippen molar-refractivity contribution in [1.29, 1.82) is 0 Å². The lowest BCUT2D eigenvalue weighted by Crippen LogP contribution is -2.52. The Kier molecular flexibility index (Phi) is 5.76. The highest BCUT2D eigenvalue weighted by Gasteiger charge is 2.39. The van der Waals surface area contributed by atoms with Crippen molar-refractivity contribution < 1.29 is 14.4 Å². The summed E-state index contributed by atoms with van der Waals surface area (Å²) in [6.45, 7) is 4.27. The average molecular weight is 433 g/mol. The summed E-state index contributed by atoms with van der Waals surface area (Å²) in [6, 6.07) is 16.4. The van der Waals surface area contributed by atoms with Gasteiger partial charge < -0.3 is 10.2 Å². The quantitative estimate of drug-likeness (QED) is 0.681. The van der Waals surface area contributed by atoms with Gasteiger partial charge in [0, 0.05) is 50.7 Å². The van der Waals surface area contributed by atoms with E-state index in [0.29, 0.717) is 24.6 Å². The second kappa shape index (κ2) is 8.84. The van der Waals surface area contributed by atoms with Gasteiger partial charge in [-0.3, -0.25) is 24.6 Å². The van der Waals surface area contributed by atoms with Gasteiger partial charge in [-0.2, -0.15) is 0 Å². The first-order chi connectivity index (χ1) is 15.6. The van der Waals surface area contributed by atoms with E-state index < -0.39 is 6.04 Å². The summed E-state index contributed by atoms with van der Waals surface area (Å²) in [5, 5.41) is 6.01. The Balaban J connectivity index is 1.16. The van der Waals surface area contributed by atoms with E-state index in [0.717, 1.165) is 43.7 Å². The molecule has 7 nitrogen and oxygen atoms in total. The number of amides is 3. The monoisotopic (exact) mass is 432 g/mol. The topological polar surface area (TPSA) is 81.8 Å². The predicted molar refractivity (Wildman–Crippen MR) is 119 cm³/mol. The lowest BCUT2D eigenvalue weighted by Gasteiger charge is -2.29. The SMILES string of the molecule is O=C1CCC(N2Cc3cc(CN[C@H]4CCN(Cc5ccccc5)C4)ccc3C2=O)C(=O)N1. The summed E-state index contributed by atoms with van der Waals surface area (Å²) < 4.78 is 0. The van der Waals surface area contributed by atoms with Crippen molar-refractivity contribution in [2.24, 2.45) is 0 Å². The van der Waals surface area contributed by atoms with Crippen LogP contribution in [0.2, 0.25) is 0 Å². The third-order valence-electron chi connectivity index (χ3n) is 6.70. The molecule has 2 aromatic rings. The Morgan fingerprint density at radius 2 is 1.84 bits per heavy atom. The molecule has 2 fully saturated rings. The molecule has 3 aliphatic heterocycles. The van der Waals surface area contributed by atoms with Gasteiger partial charge in [0.15, 0.2) is 0 Å². The van der Waals surface area contributed by atoms with Gasteiger partial charge in [-0.1, -0.05) is 42.5 Å². The molecule has 166 valence electrons. The first kappa shape index (κ1) is 20.8. The van der Waals surface area contributed by atoms with Crippen molar-refractivity contribution in [1.82, 2.24) is 20.4 Å². The maximum Gasteiger partial charge on any atom is 0.255 e. The van der Waals surface area contributed by atoms with Gasteiger partial charge in [-0.15, -0.1) is 0 Å². The van der Waals surface area contributed by atoms with E-state index in [1.54, 1.807) is 4.90 Å². The molecule has 0 spiro atoms. The van der Waals surface area contributed by atoms with E-state index in [1.165, 1.54) is 5.56 Å². The van der Waals surface area contributed by atoms with Crippen LogP contribution in [0.25, 0.3) is 0 Å². The lowest BCUT2D eigenvalue weighted by atomic mass is 10.0. The molecular weight excluding hydrogens is 404 g/mol. The Bertz CT molecular complexity index is 1040. The minimum atomic E-state index is -0.566. The van der Waals surface area contributed by atoms with E-state index in [-0.39, 0.29) is 24.1 Å². The highest BCUT2D eigenvalue weighted by atomic mass is 16.2. The van der Waals surface area contributed by atoms with Gasteiger partial charge in [0.2, 0.25) is 11.8 Å². The summed E-state index contributed by atoms with van der Waals surface area (Å²) >= 11 is 0. The predicted octanol–water partition coefficient (Wildman–Crippen LogP) is 1.81. The summed E-state index contributed by atoms with van der Waals surface area (Å²) in [5.74, 6) is -0.759. The number of fused-ring (bicyclic) bond motifs is 1. The number of benzene rings is 2. The Morgan fingerprint density at radius 1 is 1.00 bits per heavy atom. The molecule has 2 N–H and O–H groups in total. The molecule has 32 heavy (non-hydrogen) atoms. The zero-order valence-corrected chi connectivity index (χ0v) is 18.0. The molecule has 2 saturated heterocycles. The van der Waals surface area contributed by atoms with E-state index in [2.05, 4.69) is 45.9 Å². The van der Waals surface area contributed by atoms with Crippen LogP contribution in [0, 0.1) is 0 Å². The second-order valence-corrected chi connectivity index (χ2v) is 8.98. The smallest absolute Gasteiger partial charge is 0.255 e. The number of nitrogens with one attached hydrogen (secondary N) is 2. The van der Waals surface area contributed by atoms with E-state index in [1.807, 2.05) is 18.2 Å². The van der Waals surface area contributed by atoms with Crippen molar-refractivity contribution in [2.75, 3.05) is 13.1 Å². The van der Waals surface area contributed by atoms with Gasteiger partial charge in [0.25, 0.3) is 5.91 Å². The van der Waals surface area contributed by atoms with Gasteiger partial charge in [0.1, 0.15) is 6.04 Å². The fourth-order valence-corrected chi connectivity index (χ4v) is 4.98. The molecule has 3 amide bonds. The number of carbonyl (C=O) groups is 3. The summed E-state index contributed by atoms with van der Waals surface area (Å²) in [5.41, 5.74) is 4.10. The molecule has 0 bridgehead atoms. The number of carbonyl (C=O) groups excluding carboxylic acids is 3. The zero-order chi connectivity index (χ0) is 22.1. The molecule has 7 heteroatoms. The maximum atomic E-state index is 12.8. The molecule has 1 unspecified atom stereocenters. The van der Waals surface area contributed by atoms with Crippen LogP contribution in [0.4, 0.5) is 0 Å². The van der Waals surface area contributed by atoms with E-state index in [9.17, 15) is 14.4 Å². The van der Waals surface area contributed by atoms with Crippen LogP contribution >= 0.6 is 0 Å². The van der Waals surface area contributed by atoms with Crippen LogP contribution in [0.3, 0.4) is 0 Å². The van der Waals surface area contributed by atoms with Gasteiger partial charge in [0.05, 0.1) is 0 Å². The van der Waals surface area contributed by atoms with Crippen LogP contribution in [0.5, 0.6) is 0 Å². The normalized spacial score (nSPS) is 23.5. The molecule has 3 aliphatic rings. The number of likely N-dealkylation sites (tertiary alicyclic amines) is 1. The molecule has 0 saturated carbocycles. The maximum absolute atomic E-state index is 12.8. The van der Waals surface area contributed by atoms with E-state index in [4.69, 9.17) is 0 Å². The minimum Gasteiger partial charge on any atom is -0.322 e. The summed E-state index contributed by atoms with van der Waals surface area (Å²) in [6.07, 6.45) is 1.79. The standard InChI is InChI=1S/C25H28N4O3/c30-23-9-8-22(24(31)27-23)29-15-19-12-18(6-7-21(19)25(29)32)13-26-20-10-11-28(16-20)14-17-4-2-1-3-5-17/h1-7,12,20,22,26H,8-11,13-16H2,(H,27,30,31)/t20-,22?/m0/s1. The van der Waals surface area contributed by atoms with Crippen molar-refractivity contribution >= 4 is 17.7 Å². The first-order valence-corrected chi connectivity index (χ1v) is 11.3. The largest absolute Gasteiger partial charge is 0.322 e. The van der Waals surface area contributed by atoms with Gasteiger partial charge in [-0.25, -0.2) is 0 Å². The molecule has 0 aromatic heterocycles. The fraction of sp³-hybridized carbons (Fsp3) is 0.400. The molecule has 2 atom stereocenters. The zero-order valence-electron chi connectivity index (χ0n) is 18.0. The molecular formula is C25H28N4O3. The summed E-state index contributed by atoms with van der Waals surface area (Å²) in [4.78, 5) is 40.5. The number of rotatable bonds is 6. The summed E-state index contributed by atoms with van der Waals surface area (Å²) in [7, 11) is 0. The van der Waals surface area contributed by atoms with Gasteiger partial charge >= 0.3 is 0 Å². The number of imide groups is 1. The number of piperidine rings is 1. The number of hydrogen-bond donors (Lipinski definition) is 2. The van der Waals surface area contributed by atoms with Crippen LogP contribution in [-0.2, 0) is 29.2 Å². The molecule has 0 aliphatic carbocycles. The Hall–Kier alpha value is -3.03. The third kappa shape index (κ3) is 4.31. The van der Waals surface area contributed by atoms with Crippen LogP contribution in [-0.4, -0.2) is 52.7 Å². The van der Waals surface area contributed by atoms with Crippen LogP contribution in [0.1, 0.15) is 46.3 Å². The molecule has 0 radical (unpaired) electrons. The number of nitrogens with zero attached hydrogens (tertiary/aromatic N) is 2. The van der Waals surface area contributed by atoms with Crippen molar-refractivity contribution in [2.45, 2.75) is 51.0 Å². The van der Waals surface area contributed by atoms with Crippen LogP contribution < -0.4 is 10.6 Å².